The lowest BCUT2D eigenvalue weighted by atomic mass is 10.1. The van der Waals surface area contributed by atoms with Gasteiger partial charge in [-0.2, -0.15) is 0 Å². The summed E-state index contributed by atoms with van der Waals surface area (Å²) in [5.74, 6) is -0.176. The minimum absolute atomic E-state index is 0.246. The van der Waals surface area contributed by atoms with E-state index < -0.39 is 11.9 Å². The number of hydrogen-bond acceptors (Lipinski definition) is 3. The Balaban J connectivity index is 1.62. The predicted octanol–water partition coefficient (Wildman–Crippen LogP) is 3.97. The molecule has 0 bridgehead atoms. The number of aliphatic hydroxyl groups excluding tert-OH is 1. The maximum Gasteiger partial charge on any atom is 0.165 e. The van der Waals surface area contributed by atoms with Gasteiger partial charge in [0.1, 0.15) is 6.61 Å². The first-order valence-electron chi connectivity index (χ1n) is 6.98. The molecule has 3 rings (SSSR count). The molecule has 1 unspecified atom stereocenters. The summed E-state index contributed by atoms with van der Waals surface area (Å²) in [6, 6.07) is 12.9. The molecule has 0 saturated carbocycles. The molecule has 2 aromatic carbocycles. The average Bonchev–Trinajstić information content (AvgIpc) is 2.88. The lowest BCUT2D eigenvalue weighted by Gasteiger charge is -2.13. The van der Waals surface area contributed by atoms with Gasteiger partial charge in [0.05, 0.1) is 6.10 Å². The van der Waals surface area contributed by atoms with Crippen LogP contribution in [-0.4, -0.2) is 17.0 Å². The number of ether oxygens (including phenoxy) is 1. The second-order valence-corrected chi connectivity index (χ2v) is 6.57. The Morgan fingerprint density at radius 3 is 2.86 bits per heavy atom. The fourth-order valence-corrected chi connectivity index (χ4v) is 3.64. The van der Waals surface area contributed by atoms with Gasteiger partial charge >= 0.3 is 0 Å². The molecule has 0 amide bonds. The van der Waals surface area contributed by atoms with Crippen LogP contribution in [0.25, 0.3) is 0 Å². The van der Waals surface area contributed by atoms with Gasteiger partial charge in [-0.3, -0.25) is 0 Å². The van der Waals surface area contributed by atoms with E-state index in [-0.39, 0.29) is 5.75 Å². The monoisotopic (exact) mass is 304 g/mol. The van der Waals surface area contributed by atoms with E-state index in [0.717, 1.165) is 6.42 Å². The number of fused-ring (bicyclic) bond motifs is 1. The van der Waals surface area contributed by atoms with Gasteiger partial charge in [0.15, 0.2) is 11.6 Å². The Hall–Kier alpha value is -1.52. The van der Waals surface area contributed by atoms with Crippen LogP contribution in [-0.2, 0) is 6.42 Å². The van der Waals surface area contributed by atoms with Gasteiger partial charge in [0, 0.05) is 10.1 Å². The van der Waals surface area contributed by atoms with Crippen LogP contribution in [0.2, 0.25) is 0 Å². The molecular formula is C17H17FO2S. The zero-order valence-electron chi connectivity index (χ0n) is 11.8. The van der Waals surface area contributed by atoms with E-state index in [2.05, 4.69) is 12.1 Å². The number of rotatable bonds is 4. The molecule has 1 aliphatic rings. The van der Waals surface area contributed by atoms with Crippen LogP contribution >= 0.6 is 11.8 Å². The molecule has 21 heavy (non-hydrogen) atoms. The van der Waals surface area contributed by atoms with Crippen molar-refractivity contribution in [2.75, 3.05) is 6.61 Å². The third kappa shape index (κ3) is 3.22. The van der Waals surface area contributed by atoms with Crippen LogP contribution in [0.3, 0.4) is 0 Å². The van der Waals surface area contributed by atoms with Gasteiger partial charge in [0.2, 0.25) is 0 Å². The third-order valence-corrected chi connectivity index (χ3v) is 4.87. The maximum atomic E-state index is 13.9. The second-order valence-electron chi connectivity index (χ2n) is 5.23. The fourth-order valence-electron chi connectivity index (χ4n) is 2.42. The van der Waals surface area contributed by atoms with Crippen molar-refractivity contribution in [3.05, 3.63) is 59.4 Å². The van der Waals surface area contributed by atoms with Crippen molar-refractivity contribution in [3.8, 4) is 5.75 Å². The molecule has 0 radical (unpaired) electrons. The summed E-state index contributed by atoms with van der Waals surface area (Å²) in [4.78, 5) is 1.29. The normalized spacial score (nSPS) is 18.3. The molecule has 110 valence electrons. The van der Waals surface area contributed by atoms with E-state index in [1.54, 1.807) is 30.8 Å². The lowest BCUT2D eigenvalue weighted by Crippen LogP contribution is -2.14. The summed E-state index contributed by atoms with van der Waals surface area (Å²) in [6.07, 6.45) is 0.280. The van der Waals surface area contributed by atoms with Crippen LogP contribution < -0.4 is 4.74 Å². The first-order valence-corrected chi connectivity index (χ1v) is 7.86. The van der Waals surface area contributed by atoms with Gasteiger partial charge < -0.3 is 9.84 Å². The fraction of sp³-hybridized carbons (Fsp3) is 0.294. The smallest absolute Gasteiger partial charge is 0.165 e. The zero-order valence-corrected chi connectivity index (χ0v) is 12.6. The standard InChI is InChI=1S/C17H17FO2S/c1-11(19)12-6-7-16(15(18)9-12)20-10-14-8-13-4-2-3-5-17(13)21-14/h2-7,9,11,14,19H,8,10H2,1H3/t11-,14?/m0/s1. The van der Waals surface area contributed by atoms with Crippen LogP contribution in [0.4, 0.5) is 4.39 Å². The van der Waals surface area contributed by atoms with Crippen LogP contribution in [0.1, 0.15) is 24.2 Å². The van der Waals surface area contributed by atoms with Crippen molar-refractivity contribution in [2.24, 2.45) is 0 Å². The van der Waals surface area contributed by atoms with Gasteiger partial charge in [-0.1, -0.05) is 24.3 Å². The van der Waals surface area contributed by atoms with Crippen LogP contribution in [0.15, 0.2) is 47.4 Å². The van der Waals surface area contributed by atoms with Crippen LogP contribution in [0, 0.1) is 5.82 Å². The predicted molar refractivity (Wildman–Crippen MR) is 82.3 cm³/mol. The summed E-state index contributed by atoms with van der Waals surface area (Å²) in [7, 11) is 0. The molecule has 1 aliphatic heterocycles. The number of halogens is 1. The van der Waals surface area contributed by atoms with E-state index in [1.165, 1.54) is 16.5 Å². The van der Waals surface area contributed by atoms with E-state index in [4.69, 9.17) is 4.74 Å². The van der Waals surface area contributed by atoms with Crippen molar-refractivity contribution in [3.63, 3.8) is 0 Å². The van der Waals surface area contributed by atoms with Crippen molar-refractivity contribution in [1.29, 1.82) is 0 Å². The van der Waals surface area contributed by atoms with E-state index in [9.17, 15) is 9.50 Å². The summed E-state index contributed by atoms with van der Waals surface area (Å²) in [5, 5.41) is 9.75. The number of hydrogen-bond donors (Lipinski definition) is 1. The topological polar surface area (TPSA) is 29.5 Å². The van der Waals surface area contributed by atoms with Crippen molar-refractivity contribution < 1.29 is 14.2 Å². The Kier molecular flexibility index (Phi) is 4.17. The molecule has 0 saturated heterocycles. The summed E-state index contributed by atoms with van der Waals surface area (Å²) < 4.78 is 19.5. The van der Waals surface area contributed by atoms with E-state index in [1.807, 2.05) is 12.1 Å². The maximum absolute atomic E-state index is 13.9. The first kappa shape index (κ1) is 14.4. The molecule has 0 spiro atoms. The minimum Gasteiger partial charge on any atom is -0.489 e. The van der Waals surface area contributed by atoms with Gasteiger partial charge in [-0.25, -0.2) is 4.39 Å². The lowest BCUT2D eigenvalue weighted by molar-refractivity contribution is 0.198. The van der Waals surface area contributed by atoms with Gasteiger partial charge in [-0.15, -0.1) is 11.8 Å². The van der Waals surface area contributed by atoms with Crippen LogP contribution in [0.5, 0.6) is 5.75 Å². The van der Waals surface area contributed by atoms with Crippen molar-refractivity contribution >= 4 is 11.8 Å². The molecule has 2 nitrogen and oxygen atoms in total. The molecule has 0 fully saturated rings. The third-order valence-electron chi connectivity index (χ3n) is 3.58. The van der Waals surface area contributed by atoms with E-state index >= 15 is 0 Å². The quantitative estimate of drug-likeness (QED) is 0.926. The van der Waals surface area contributed by atoms with Crippen molar-refractivity contribution in [1.82, 2.24) is 0 Å². The highest BCUT2D eigenvalue weighted by molar-refractivity contribution is 8.00. The average molecular weight is 304 g/mol. The Morgan fingerprint density at radius 1 is 1.33 bits per heavy atom. The summed E-state index contributed by atoms with van der Waals surface area (Å²) >= 11 is 1.78. The largest absolute Gasteiger partial charge is 0.489 e. The van der Waals surface area contributed by atoms with E-state index in [0.29, 0.717) is 17.4 Å². The highest BCUT2D eigenvalue weighted by atomic mass is 32.2. The Labute approximate surface area is 128 Å². The van der Waals surface area contributed by atoms with Crippen molar-refractivity contribution in [2.45, 2.75) is 29.6 Å². The molecule has 4 heteroatoms. The summed E-state index contributed by atoms with van der Waals surface area (Å²) in [6.45, 7) is 2.09. The SMILES string of the molecule is C[C@H](O)c1ccc(OCC2Cc3ccccc3S2)c(F)c1. The number of benzene rings is 2. The Bertz CT molecular complexity index is 617. The minimum atomic E-state index is -0.673. The second kappa shape index (κ2) is 6.08. The van der Waals surface area contributed by atoms with Gasteiger partial charge in [0.25, 0.3) is 0 Å². The molecule has 1 heterocycles. The molecule has 1 N–H and O–H groups in total. The molecule has 0 aromatic heterocycles. The molecule has 0 aliphatic carbocycles. The molecular weight excluding hydrogens is 287 g/mol. The number of aliphatic hydroxyl groups is 1. The highest BCUT2D eigenvalue weighted by Gasteiger charge is 2.22. The van der Waals surface area contributed by atoms with Gasteiger partial charge in [-0.05, 0) is 42.7 Å². The Morgan fingerprint density at radius 2 is 2.14 bits per heavy atom. The zero-order chi connectivity index (χ0) is 14.8. The molecule has 2 atom stereocenters. The molecule has 2 aromatic rings. The summed E-state index contributed by atoms with van der Waals surface area (Å²) in [5.41, 5.74) is 1.89. The highest BCUT2D eigenvalue weighted by Crippen LogP contribution is 2.37. The number of thioether (sulfide) groups is 1. The first-order chi connectivity index (χ1) is 10.1.